The van der Waals surface area contributed by atoms with E-state index in [4.69, 9.17) is 4.98 Å². The van der Waals surface area contributed by atoms with E-state index in [2.05, 4.69) is 55.3 Å². The van der Waals surface area contributed by atoms with Crippen molar-refractivity contribution in [2.24, 2.45) is 7.05 Å². The number of anilines is 3. The maximum absolute atomic E-state index is 12.0. The number of aromatic amines is 1. The molecule has 1 aliphatic rings. The van der Waals surface area contributed by atoms with Crippen LogP contribution in [0, 0.1) is 0 Å². The van der Waals surface area contributed by atoms with Crippen molar-refractivity contribution in [2.45, 2.75) is 31.8 Å². The quantitative estimate of drug-likeness (QED) is 0.347. The summed E-state index contributed by atoms with van der Waals surface area (Å²) in [4.78, 5) is 26.2. The van der Waals surface area contributed by atoms with Gasteiger partial charge in [0.15, 0.2) is 6.04 Å². The number of aromatic nitrogens is 6. The summed E-state index contributed by atoms with van der Waals surface area (Å²) in [6, 6.07) is 10.3. The minimum Gasteiger partial charge on any atom is -0.362 e. The molecule has 0 fully saturated rings. The van der Waals surface area contributed by atoms with Gasteiger partial charge in [0.25, 0.3) is 11.8 Å². The van der Waals surface area contributed by atoms with E-state index in [-0.39, 0.29) is 11.9 Å². The summed E-state index contributed by atoms with van der Waals surface area (Å²) in [7, 11) is 3.44. The number of aryl methyl sites for hydroxylation is 1. The van der Waals surface area contributed by atoms with E-state index in [1.54, 1.807) is 29.6 Å². The highest BCUT2D eigenvalue weighted by Crippen LogP contribution is 2.35. The molecular formula is C22H26N9O+. The second-order valence-electron chi connectivity index (χ2n) is 7.96. The summed E-state index contributed by atoms with van der Waals surface area (Å²) in [5.41, 5.74) is 3.44. The van der Waals surface area contributed by atoms with Crippen LogP contribution in [0.25, 0.3) is 11.0 Å². The Kier molecular flexibility index (Phi) is 4.96. The SMILES string of the molecule is CNC(=O)C(C)n1ncc(Nc2nc(N[C@@H]3CCc4ccccc43)c3cc[nH]c3n2)[n+]1C. The summed E-state index contributed by atoms with van der Waals surface area (Å²) >= 11 is 0. The molecule has 10 nitrogen and oxygen atoms in total. The predicted octanol–water partition coefficient (Wildman–Crippen LogP) is 2.13. The zero-order valence-electron chi connectivity index (χ0n) is 18.3. The molecule has 10 heteroatoms. The first-order valence-electron chi connectivity index (χ1n) is 10.7. The number of rotatable bonds is 6. The molecule has 1 unspecified atom stereocenters. The van der Waals surface area contributed by atoms with Crippen LogP contribution in [0.4, 0.5) is 17.6 Å². The van der Waals surface area contributed by atoms with Gasteiger partial charge in [-0.15, -0.1) is 0 Å². The van der Waals surface area contributed by atoms with Crippen LogP contribution in [0.15, 0.2) is 42.7 Å². The Morgan fingerprint density at radius 1 is 1.28 bits per heavy atom. The molecule has 0 bridgehead atoms. The van der Waals surface area contributed by atoms with Gasteiger partial charge in [-0.25, -0.2) is 5.32 Å². The summed E-state index contributed by atoms with van der Waals surface area (Å²) in [6.45, 7) is 1.79. The molecule has 0 aliphatic heterocycles. The molecule has 0 saturated heterocycles. The van der Waals surface area contributed by atoms with Crippen LogP contribution in [0.5, 0.6) is 0 Å². The molecule has 0 saturated carbocycles. The Morgan fingerprint density at radius 3 is 2.97 bits per heavy atom. The van der Waals surface area contributed by atoms with Gasteiger partial charge in [-0.3, -0.25) is 4.79 Å². The van der Waals surface area contributed by atoms with Gasteiger partial charge in [-0.1, -0.05) is 29.1 Å². The number of carbonyl (C=O) groups excluding carboxylic acids is 1. The summed E-state index contributed by atoms with van der Waals surface area (Å²) in [6.07, 6.45) is 5.60. The normalized spacial score (nSPS) is 16.0. The molecule has 32 heavy (non-hydrogen) atoms. The van der Waals surface area contributed by atoms with Crippen molar-refractivity contribution in [1.29, 1.82) is 0 Å². The van der Waals surface area contributed by atoms with Crippen LogP contribution >= 0.6 is 0 Å². The molecule has 3 aromatic heterocycles. The molecule has 4 aromatic rings. The summed E-state index contributed by atoms with van der Waals surface area (Å²) in [5.74, 6) is 1.76. The van der Waals surface area contributed by atoms with Crippen LogP contribution in [0.2, 0.25) is 0 Å². The average Bonchev–Trinajstić information content (AvgIpc) is 3.53. The molecule has 0 spiro atoms. The van der Waals surface area contributed by atoms with Gasteiger partial charge in [0.2, 0.25) is 12.1 Å². The highest BCUT2D eigenvalue weighted by atomic mass is 16.2. The van der Waals surface area contributed by atoms with E-state index in [9.17, 15) is 4.79 Å². The van der Waals surface area contributed by atoms with E-state index < -0.39 is 6.04 Å². The monoisotopic (exact) mass is 432 g/mol. The maximum Gasteiger partial charge on any atom is 0.292 e. The smallest absolute Gasteiger partial charge is 0.292 e. The van der Waals surface area contributed by atoms with Crippen LogP contribution in [0.1, 0.15) is 36.6 Å². The highest BCUT2D eigenvalue weighted by molar-refractivity contribution is 5.88. The average molecular weight is 433 g/mol. The lowest BCUT2D eigenvalue weighted by atomic mass is 10.1. The Hall–Kier alpha value is -3.95. The van der Waals surface area contributed by atoms with Gasteiger partial charge in [0.05, 0.1) is 18.5 Å². The fourth-order valence-electron chi connectivity index (χ4n) is 4.27. The van der Waals surface area contributed by atoms with Crippen LogP contribution in [-0.4, -0.2) is 37.8 Å². The van der Waals surface area contributed by atoms with Crippen LogP contribution in [-0.2, 0) is 18.3 Å². The molecule has 164 valence electrons. The van der Waals surface area contributed by atoms with E-state index in [1.165, 1.54) is 11.1 Å². The van der Waals surface area contributed by atoms with Gasteiger partial charge < -0.3 is 15.6 Å². The van der Waals surface area contributed by atoms with Crippen molar-refractivity contribution in [2.75, 3.05) is 17.7 Å². The fraction of sp³-hybridized carbons (Fsp3) is 0.318. The summed E-state index contributed by atoms with van der Waals surface area (Å²) in [5, 5.41) is 14.8. The number of H-pyrrole nitrogens is 1. The number of likely N-dealkylation sites (N-methyl/N-ethyl adjacent to an activating group) is 1. The molecule has 0 radical (unpaired) electrons. The van der Waals surface area contributed by atoms with Crippen molar-refractivity contribution in [1.82, 2.24) is 30.2 Å². The van der Waals surface area contributed by atoms with Crippen molar-refractivity contribution < 1.29 is 9.48 Å². The number of benzene rings is 1. The largest absolute Gasteiger partial charge is 0.362 e. The van der Waals surface area contributed by atoms with Gasteiger partial charge in [0.1, 0.15) is 11.5 Å². The van der Waals surface area contributed by atoms with E-state index in [1.807, 2.05) is 19.3 Å². The predicted molar refractivity (Wildman–Crippen MR) is 120 cm³/mol. The first kappa shape index (κ1) is 20.0. The van der Waals surface area contributed by atoms with Gasteiger partial charge >= 0.3 is 0 Å². The standard InChI is InChI=1S/C22H25N9O/c1-13(21(32)23-2)31-25-12-18(30(31)3)27-22-28-19-16(10-11-24-19)20(29-22)26-17-9-8-14-6-4-5-7-15(14)17/h4-7,10-13,17H,8-9H2,1-3H3,(H3,23,24,25,26,27,28,29,32)/p+1/t13?,17-/m1/s1. The lowest BCUT2D eigenvalue weighted by molar-refractivity contribution is -0.746. The van der Waals surface area contributed by atoms with E-state index in [0.29, 0.717) is 11.8 Å². The lowest BCUT2D eigenvalue weighted by Gasteiger charge is -2.16. The second kappa shape index (κ2) is 7.95. The molecular weight excluding hydrogens is 406 g/mol. The van der Waals surface area contributed by atoms with Crippen molar-refractivity contribution in [3.8, 4) is 0 Å². The third kappa shape index (κ3) is 3.43. The molecule has 1 aliphatic carbocycles. The zero-order valence-corrected chi connectivity index (χ0v) is 18.3. The lowest BCUT2D eigenvalue weighted by Crippen LogP contribution is -2.46. The van der Waals surface area contributed by atoms with E-state index >= 15 is 0 Å². The first-order valence-corrected chi connectivity index (χ1v) is 10.7. The van der Waals surface area contributed by atoms with Crippen molar-refractivity contribution in [3.63, 3.8) is 0 Å². The number of hydrogen-bond acceptors (Lipinski definition) is 6. The minimum atomic E-state index is -0.452. The number of hydrogen-bond donors (Lipinski definition) is 4. The molecule has 4 N–H and O–H groups in total. The first-order chi connectivity index (χ1) is 15.5. The molecule has 5 rings (SSSR count). The maximum atomic E-state index is 12.0. The molecule has 1 amide bonds. The van der Waals surface area contributed by atoms with Crippen molar-refractivity contribution in [3.05, 3.63) is 53.9 Å². The topological polar surface area (TPSA) is 116 Å². The number of nitrogens with one attached hydrogen (secondary N) is 4. The third-order valence-electron chi connectivity index (χ3n) is 6.03. The molecule has 2 atom stereocenters. The Bertz CT molecular complexity index is 1290. The Labute approximate surface area is 185 Å². The Morgan fingerprint density at radius 2 is 2.12 bits per heavy atom. The number of carbonyl (C=O) groups is 1. The number of amides is 1. The van der Waals surface area contributed by atoms with Gasteiger partial charge in [-0.2, -0.15) is 14.6 Å². The number of nitrogens with zero attached hydrogens (tertiary/aromatic N) is 5. The zero-order chi connectivity index (χ0) is 22.2. The minimum absolute atomic E-state index is 0.123. The van der Waals surface area contributed by atoms with Gasteiger partial charge in [-0.05, 0) is 42.1 Å². The Balaban J connectivity index is 1.44. The number of fused-ring (bicyclic) bond motifs is 2. The second-order valence-corrected chi connectivity index (χ2v) is 7.96. The van der Waals surface area contributed by atoms with Crippen LogP contribution in [0.3, 0.4) is 0 Å². The molecule has 3 heterocycles. The van der Waals surface area contributed by atoms with Gasteiger partial charge in [0, 0.05) is 13.2 Å². The fourth-order valence-corrected chi connectivity index (χ4v) is 4.27. The third-order valence-corrected chi connectivity index (χ3v) is 6.03. The molecule has 1 aromatic carbocycles. The summed E-state index contributed by atoms with van der Waals surface area (Å²) < 4.78 is 1.77. The van der Waals surface area contributed by atoms with E-state index in [0.717, 1.165) is 29.7 Å². The highest BCUT2D eigenvalue weighted by Gasteiger charge is 2.26. The van der Waals surface area contributed by atoms with Crippen LogP contribution < -0.4 is 20.6 Å². The van der Waals surface area contributed by atoms with Crippen molar-refractivity contribution >= 4 is 34.5 Å².